The molecule has 1 aliphatic rings. The first-order valence-corrected chi connectivity index (χ1v) is 7.68. The van der Waals surface area contributed by atoms with E-state index in [-0.39, 0.29) is 11.7 Å². The summed E-state index contributed by atoms with van der Waals surface area (Å²) >= 11 is 0. The highest BCUT2D eigenvalue weighted by atomic mass is 16.5. The smallest absolute Gasteiger partial charge is 0.367 e. The van der Waals surface area contributed by atoms with E-state index in [1.165, 1.54) is 6.26 Å². The first-order chi connectivity index (χ1) is 12.0. The van der Waals surface area contributed by atoms with Crippen molar-refractivity contribution in [3.05, 3.63) is 36.4 Å². The van der Waals surface area contributed by atoms with Gasteiger partial charge < -0.3 is 15.4 Å². The van der Waals surface area contributed by atoms with Gasteiger partial charge in [0.2, 0.25) is 0 Å². The number of nitriles is 1. The molecule has 126 valence electrons. The van der Waals surface area contributed by atoms with Gasteiger partial charge in [-0.3, -0.25) is 4.68 Å². The molecule has 0 unspecified atom stereocenters. The molecule has 9 nitrogen and oxygen atoms in total. The molecule has 0 aromatic carbocycles. The summed E-state index contributed by atoms with van der Waals surface area (Å²) in [7, 11) is 1.85. The van der Waals surface area contributed by atoms with Crippen LogP contribution in [-0.2, 0) is 11.8 Å². The van der Waals surface area contributed by atoms with Crippen molar-refractivity contribution in [1.29, 1.82) is 5.26 Å². The van der Waals surface area contributed by atoms with Crippen molar-refractivity contribution >= 4 is 17.2 Å². The number of hydrogen-bond acceptors (Lipinski definition) is 7. The lowest BCUT2D eigenvalue weighted by Crippen LogP contribution is -2.56. The van der Waals surface area contributed by atoms with Gasteiger partial charge in [-0.25, -0.2) is 9.31 Å². The Labute approximate surface area is 142 Å². The molecule has 0 aliphatic carbocycles. The van der Waals surface area contributed by atoms with Gasteiger partial charge in [-0.1, -0.05) is 0 Å². The molecule has 3 aromatic heterocycles. The predicted octanol–water partition coefficient (Wildman–Crippen LogP) is 0.520. The van der Waals surface area contributed by atoms with E-state index in [2.05, 4.69) is 19.8 Å². The van der Waals surface area contributed by atoms with E-state index in [9.17, 15) is 4.79 Å². The van der Waals surface area contributed by atoms with E-state index < -0.39 is 5.97 Å². The number of nitrogens with zero attached hydrogens (tertiary/aromatic N) is 6. The highest BCUT2D eigenvalue weighted by molar-refractivity contribution is 5.92. The Hall–Kier alpha value is -3.38. The number of nitrogens with two attached hydrogens (primary N) is 1. The van der Waals surface area contributed by atoms with Crippen LogP contribution in [0.3, 0.4) is 0 Å². The minimum absolute atomic E-state index is 0.0796. The Morgan fingerprint density at radius 1 is 1.36 bits per heavy atom. The van der Waals surface area contributed by atoms with Crippen LogP contribution < -0.4 is 10.6 Å². The van der Waals surface area contributed by atoms with Crippen molar-refractivity contribution in [1.82, 2.24) is 19.4 Å². The van der Waals surface area contributed by atoms with E-state index in [0.717, 1.165) is 35.4 Å². The Morgan fingerprint density at radius 3 is 2.80 bits per heavy atom. The number of pyridine rings is 1. The summed E-state index contributed by atoms with van der Waals surface area (Å²) in [5.41, 5.74) is 9.52. The number of carbonyl (C=O) groups is 1. The fourth-order valence-corrected chi connectivity index (χ4v) is 2.96. The van der Waals surface area contributed by atoms with Gasteiger partial charge in [-0.15, -0.1) is 5.26 Å². The summed E-state index contributed by atoms with van der Waals surface area (Å²) in [4.78, 5) is 13.9. The number of ether oxygens (including phenoxy) is 1. The van der Waals surface area contributed by atoms with Gasteiger partial charge in [0.15, 0.2) is 5.69 Å². The van der Waals surface area contributed by atoms with Gasteiger partial charge in [-0.2, -0.15) is 10.2 Å². The van der Waals surface area contributed by atoms with Crippen LogP contribution in [0, 0.1) is 11.5 Å². The number of hydrogen-bond donors (Lipinski definition) is 1. The maximum Gasteiger partial charge on any atom is 0.374 e. The number of rotatable bonds is 3. The number of esters is 1. The third-order valence-electron chi connectivity index (χ3n) is 4.19. The third-order valence-corrected chi connectivity index (χ3v) is 4.19. The number of fused-ring (bicyclic) bond motifs is 1. The molecule has 25 heavy (non-hydrogen) atoms. The average Bonchev–Trinajstić information content (AvgIpc) is 3.17. The van der Waals surface area contributed by atoms with Crippen molar-refractivity contribution in [2.75, 3.05) is 18.0 Å². The molecule has 0 spiro atoms. The van der Waals surface area contributed by atoms with E-state index in [0.29, 0.717) is 0 Å². The molecule has 3 aromatic rings. The zero-order chi connectivity index (χ0) is 17.6. The van der Waals surface area contributed by atoms with Gasteiger partial charge in [0.1, 0.15) is 0 Å². The lowest BCUT2D eigenvalue weighted by atomic mass is 10.1. The van der Waals surface area contributed by atoms with Gasteiger partial charge >= 0.3 is 5.97 Å². The fraction of sp³-hybridized carbons (Fsp3) is 0.250. The van der Waals surface area contributed by atoms with Crippen LogP contribution in [0.25, 0.3) is 16.6 Å². The quantitative estimate of drug-likeness (QED) is 0.547. The second-order valence-electron chi connectivity index (χ2n) is 6.02. The van der Waals surface area contributed by atoms with Crippen LogP contribution in [0.2, 0.25) is 0 Å². The molecule has 2 N–H and O–H groups in total. The van der Waals surface area contributed by atoms with Crippen LogP contribution in [-0.4, -0.2) is 44.5 Å². The van der Waals surface area contributed by atoms with Gasteiger partial charge in [0.25, 0.3) is 6.26 Å². The van der Waals surface area contributed by atoms with Crippen molar-refractivity contribution in [3.63, 3.8) is 0 Å². The molecule has 4 heterocycles. The topological polar surface area (TPSA) is 114 Å². The molecule has 0 atom stereocenters. The highest BCUT2D eigenvalue weighted by Gasteiger charge is 2.27. The van der Waals surface area contributed by atoms with Crippen LogP contribution in [0.1, 0.15) is 10.5 Å². The molecular formula is C16H15N7O2. The second-order valence-corrected chi connectivity index (χ2v) is 6.02. The minimum atomic E-state index is -0.777. The largest absolute Gasteiger partial charge is 0.374 e. The molecule has 4 rings (SSSR count). The number of aromatic nitrogens is 4. The second kappa shape index (κ2) is 5.61. The van der Waals surface area contributed by atoms with Gasteiger partial charge in [0.05, 0.1) is 17.4 Å². The molecule has 1 saturated heterocycles. The summed E-state index contributed by atoms with van der Waals surface area (Å²) in [6.07, 6.45) is 6.87. The molecular weight excluding hydrogens is 322 g/mol. The molecule has 0 saturated carbocycles. The average molecular weight is 337 g/mol. The van der Waals surface area contributed by atoms with Crippen LogP contribution in [0.15, 0.2) is 30.7 Å². The standard InChI is InChI=1S/C16H15N7O2/c1-21-5-11(4-19-21)10-2-14(22-7-12(18)8-22)15-3-13(16(24)25-9-17)20-23(15)6-10/h2-6,12H,7-8,18H2,1H3. The highest BCUT2D eigenvalue weighted by Crippen LogP contribution is 2.31. The van der Waals surface area contributed by atoms with Crippen LogP contribution in [0.4, 0.5) is 5.69 Å². The summed E-state index contributed by atoms with van der Waals surface area (Å²) in [5, 5.41) is 17.0. The Balaban J connectivity index is 1.85. The van der Waals surface area contributed by atoms with Crippen LogP contribution in [0.5, 0.6) is 0 Å². The number of anilines is 1. The summed E-state index contributed by atoms with van der Waals surface area (Å²) < 4.78 is 7.72. The minimum Gasteiger partial charge on any atom is -0.367 e. The normalized spacial score (nSPS) is 14.4. The summed E-state index contributed by atoms with van der Waals surface area (Å²) in [5.74, 6) is -0.777. The first-order valence-electron chi connectivity index (χ1n) is 7.68. The Bertz CT molecular complexity index is 1010. The lowest BCUT2D eigenvalue weighted by molar-refractivity contribution is 0.0678. The van der Waals surface area contributed by atoms with Gasteiger partial charge in [-0.05, 0) is 6.07 Å². The summed E-state index contributed by atoms with van der Waals surface area (Å²) in [6.45, 7) is 1.46. The Kier molecular flexibility index (Phi) is 3.40. The SMILES string of the molecule is Cn1cc(-c2cc(N3CC(N)C3)c3cc(C(=O)OC#N)nn3c2)cn1. The van der Waals surface area contributed by atoms with Crippen LogP contribution >= 0.6 is 0 Å². The van der Waals surface area contributed by atoms with E-state index in [1.54, 1.807) is 21.5 Å². The fourth-order valence-electron chi connectivity index (χ4n) is 2.96. The third kappa shape index (κ3) is 2.58. The van der Waals surface area contributed by atoms with E-state index in [4.69, 9.17) is 11.0 Å². The predicted molar refractivity (Wildman–Crippen MR) is 88.6 cm³/mol. The van der Waals surface area contributed by atoms with Crippen molar-refractivity contribution in [2.24, 2.45) is 12.8 Å². The maximum atomic E-state index is 11.8. The lowest BCUT2D eigenvalue weighted by Gasteiger charge is -2.39. The zero-order valence-corrected chi connectivity index (χ0v) is 13.5. The molecule has 1 aliphatic heterocycles. The van der Waals surface area contributed by atoms with Crippen molar-refractivity contribution in [2.45, 2.75) is 6.04 Å². The van der Waals surface area contributed by atoms with E-state index >= 15 is 0 Å². The monoisotopic (exact) mass is 337 g/mol. The number of carbonyl (C=O) groups excluding carboxylic acids is 1. The van der Waals surface area contributed by atoms with E-state index in [1.807, 2.05) is 25.5 Å². The maximum absolute atomic E-state index is 11.8. The molecule has 1 fully saturated rings. The van der Waals surface area contributed by atoms with Gasteiger partial charge in [0, 0.05) is 55.8 Å². The Morgan fingerprint density at radius 2 is 2.16 bits per heavy atom. The molecule has 0 bridgehead atoms. The van der Waals surface area contributed by atoms with Crippen molar-refractivity contribution < 1.29 is 9.53 Å². The molecule has 0 amide bonds. The molecule has 9 heteroatoms. The summed E-state index contributed by atoms with van der Waals surface area (Å²) in [6, 6.07) is 3.78. The zero-order valence-electron chi connectivity index (χ0n) is 13.5. The first kappa shape index (κ1) is 15.2. The van der Waals surface area contributed by atoms with Crippen molar-refractivity contribution in [3.8, 4) is 17.4 Å². The molecule has 0 radical (unpaired) electrons. The number of aryl methyl sites for hydroxylation is 1.